The molecule has 0 aliphatic rings. The molecule has 0 spiro atoms. The number of rotatable bonds is 9. The van der Waals surface area contributed by atoms with Gasteiger partial charge in [0, 0.05) is 27.2 Å². The van der Waals surface area contributed by atoms with Gasteiger partial charge in [-0.25, -0.2) is 4.39 Å². The van der Waals surface area contributed by atoms with E-state index in [9.17, 15) is 9.18 Å². The molecule has 1 amide bonds. The summed E-state index contributed by atoms with van der Waals surface area (Å²) in [6, 6.07) is 6.13. The molecule has 6 nitrogen and oxygen atoms in total. The molecule has 0 aliphatic heterocycles. The molecule has 0 bridgehead atoms. The number of methoxy groups -OCH3 is 1. The Hall–Kier alpha value is -1.71. The zero-order valence-electron chi connectivity index (χ0n) is 13.5. The van der Waals surface area contributed by atoms with Gasteiger partial charge in [-0.2, -0.15) is 0 Å². The van der Waals surface area contributed by atoms with Crippen LogP contribution in [0.2, 0.25) is 0 Å². The molecule has 0 saturated carbocycles. The number of aromatic nitrogens is 2. The molecule has 24 heavy (non-hydrogen) atoms. The zero-order chi connectivity index (χ0) is 17.4. The molecule has 1 aromatic heterocycles. The van der Waals surface area contributed by atoms with Gasteiger partial charge in [0.1, 0.15) is 5.82 Å². The maximum Gasteiger partial charge on any atom is 0.233 e. The van der Waals surface area contributed by atoms with E-state index in [1.807, 2.05) is 0 Å². The summed E-state index contributed by atoms with van der Waals surface area (Å²) in [5.74, 6) is -0.0207. The first-order chi connectivity index (χ1) is 11.6. The van der Waals surface area contributed by atoms with E-state index >= 15 is 0 Å². The lowest BCUT2D eigenvalue weighted by atomic mass is 10.2. The Balaban J connectivity index is 1.76. The lowest BCUT2D eigenvalue weighted by Crippen LogP contribution is -2.27. The van der Waals surface area contributed by atoms with Gasteiger partial charge in [-0.15, -0.1) is 10.2 Å². The normalized spacial score (nSPS) is 10.6. The van der Waals surface area contributed by atoms with E-state index in [0.29, 0.717) is 24.8 Å². The second-order valence-electron chi connectivity index (χ2n) is 4.96. The Morgan fingerprint density at radius 1 is 1.38 bits per heavy atom. The highest BCUT2D eigenvalue weighted by molar-refractivity contribution is 8.01. The minimum absolute atomic E-state index is 0.0200. The maximum atomic E-state index is 12.9. The summed E-state index contributed by atoms with van der Waals surface area (Å²) in [6.45, 7) is 1.70. The van der Waals surface area contributed by atoms with Crippen molar-refractivity contribution < 1.29 is 13.9 Å². The SMILES string of the molecule is COCCNc1nnc(SCC(=O)N(C)Cc2ccc(F)cc2)s1. The molecule has 1 N–H and O–H groups in total. The van der Waals surface area contributed by atoms with Gasteiger partial charge in [0.2, 0.25) is 11.0 Å². The van der Waals surface area contributed by atoms with Crippen molar-refractivity contribution in [3.63, 3.8) is 0 Å². The minimum atomic E-state index is -0.283. The molecule has 2 aromatic rings. The zero-order valence-corrected chi connectivity index (χ0v) is 15.1. The molecule has 2 rings (SSSR count). The largest absolute Gasteiger partial charge is 0.383 e. The number of nitrogens with zero attached hydrogens (tertiary/aromatic N) is 3. The van der Waals surface area contributed by atoms with Crippen molar-refractivity contribution in [3.05, 3.63) is 35.6 Å². The summed E-state index contributed by atoms with van der Waals surface area (Å²) in [4.78, 5) is 13.8. The number of carbonyl (C=O) groups is 1. The number of ether oxygens (including phenoxy) is 1. The van der Waals surface area contributed by atoms with Gasteiger partial charge in [0.15, 0.2) is 4.34 Å². The average molecular weight is 370 g/mol. The highest BCUT2D eigenvalue weighted by atomic mass is 32.2. The van der Waals surface area contributed by atoms with Gasteiger partial charge in [-0.3, -0.25) is 4.79 Å². The van der Waals surface area contributed by atoms with E-state index in [4.69, 9.17) is 4.74 Å². The van der Waals surface area contributed by atoms with Crippen molar-refractivity contribution in [1.29, 1.82) is 0 Å². The monoisotopic (exact) mass is 370 g/mol. The standard InChI is InChI=1S/C15H19FN4O2S2/c1-20(9-11-3-5-12(16)6-4-11)13(21)10-23-15-19-18-14(24-15)17-7-8-22-2/h3-6H,7-10H2,1-2H3,(H,17,18). The number of anilines is 1. The summed E-state index contributed by atoms with van der Waals surface area (Å²) in [5, 5.41) is 11.8. The first-order valence-electron chi connectivity index (χ1n) is 7.26. The predicted molar refractivity (Wildman–Crippen MR) is 93.9 cm³/mol. The summed E-state index contributed by atoms with van der Waals surface area (Å²) < 4.78 is 18.6. The lowest BCUT2D eigenvalue weighted by molar-refractivity contribution is -0.127. The van der Waals surface area contributed by atoms with Crippen LogP contribution in [0.5, 0.6) is 0 Å². The van der Waals surface area contributed by atoms with Crippen molar-refractivity contribution >= 4 is 34.1 Å². The van der Waals surface area contributed by atoms with Crippen molar-refractivity contribution in [3.8, 4) is 0 Å². The van der Waals surface area contributed by atoms with E-state index in [1.165, 1.54) is 35.2 Å². The first-order valence-corrected chi connectivity index (χ1v) is 9.06. The Bertz CT molecular complexity index is 651. The van der Waals surface area contributed by atoms with Crippen LogP contribution in [-0.4, -0.2) is 54.1 Å². The van der Waals surface area contributed by atoms with E-state index in [-0.39, 0.29) is 17.5 Å². The third-order valence-electron chi connectivity index (χ3n) is 3.07. The van der Waals surface area contributed by atoms with E-state index in [0.717, 1.165) is 9.90 Å². The van der Waals surface area contributed by atoms with Gasteiger partial charge in [0.25, 0.3) is 0 Å². The van der Waals surface area contributed by atoms with Gasteiger partial charge >= 0.3 is 0 Å². The number of carbonyl (C=O) groups excluding carboxylic acids is 1. The third kappa shape index (κ3) is 6.06. The lowest BCUT2D eigenvalue weighted by Gasteiger charge is -2.16. The molecule has 130 valence electrons. The number of nitrogens with one attached hydrogen (secondary N) is 1. The van der Waals surface area contributed by atoms with E-state index < -0.39 is 0 Å². The molecule has 0 unspecified atom stereocenters. The second-order valence-corrected chi connectivity index (χ2v) is 7.16. The Morgan fingerprint density at radius 2 is 2.12 bits per heavy atom. The highest BCUT2D eigenvalue weighted by Gasteiger charge is 2.12. The maximum absolute atomic E-state index is 12.9. The van der Waals surface area contributed by atoms with Crippen molar-refractivity contribution in [1.82, 2.24) is 15.1 Å². The quantitative estimate of drug-likeness (QED) is 0.540. The third-order valence-corrected chi connectivity index (χ3v) is 5.07. The molecular weight excluding hydrogens is 351 g/mol. The van der Waals surface area contributed by atoms with Crippen LogP contribution in [-0.2, 0) is 16.1 Å². The average Bonchev–Trinajstić information content (AvgIpc) is 3.03. The molecule has 0 atom stereocenters. The van der Waals surface area contributed by atoms with Crippen LogP contribution in [0.15, 0.2) is 28.6 Å². The van der Waals surface area contributed by atoms with E-state index in [2.05, 4.69) is 15.5 Å². The number of amides is 1. The van der Waals surface area contributed by atoms with Gasteiger partial charge in [-0.05, 0) is 17.7 Å². The molecule has 1 heterocycles. The molecule has 0 saturated heterocycles. The van der Waals surface area contributed by atoms with Crippen molar-refractivity contribution in [2.45, 2.75) is 10.9 Å². The topological polar surface area (TPSA) is 67.3 Å². The number of halogens is 1. The molecule has 0 radical (unpaired) electrons. The molecule has 0 fully saturated rings. The number of benzene rings is 1. The van der Waals surface area contributed by atoms with Crippen LogP contribution in [0.25, 0.3) is 0 Å². The summed E-state index contributed by atoms with van der Waals surface area (Å²) in [5.41, 5.74) is 0.887. The smallest absolute Gasteiger partial charge is 0.233 e. The fourth-order valence-electron chi connectivity index (χ4n) is 1.79. The van der Waals surface area contributed by atoms with Gasteiger partial charge in [-0.1, -0.05) is 35.2 Å². The van der Waals surface area contributed by atoms with Gasteiger partial charge < -0.3 is 15.0 Å². The number of hydrogen-bond donors (Lipinski definition) is 1. The Morgan fingerprint density at radius 3 is 2.83 bits per heavy atom. The highest BCUT2D eigenvalue weighted by Crippen LogP contribution is 2.25. The number of hydrogen-bond acceptors (Lipinski definition) is 7. The first kappa shape index (κ1) is 18.6. The van der Waals surface area contributed by atoms with Crippen molar-refractivity contribution in [2.24, 2.45) is 0 Å². The van der Waals surface area contributed by atoms with Gasteiger partial charge in [0.05, 0.1) is 12.4 Å². The van der Waals surface area contributed by atoms with Crippen LogP contribution in [0.3, 0.4) is 0 Å². The molecule has 1 aromatic carbocycles. The summed E-state index contributed by atoms with van der Waals surface area (Å²) >= 11 is 2.76. The van der Waals surface area contributed by atoms with Crippen LogP contribution < -0.4 is 5.32 Å². The minimum Gasteiger partial charge on any atom is -0.383 e. The van der Waals surface area contributed by atoms with Crippen LogP contribution >= 0.6 is 23.1 Å². The fourth-order valence-corrected chi connectivity index (χ4v) is 3.50. The van der Waals surface area contributed by atoms with Crippen molar-refractivity contribution in [2.75, 3.05) is 38.4 Å². The number of thioether (sulfide) groups is 1. The second kappa shape index (κ2) is 9.55. The molecule has 9 heteroatoms. The van der Waals surface area contributed by atoms with Crippen LogP contribution in [0.1, 0.15) is 5.56 Å². The molecule has 0 aliphatic carbocycles. The Labute approximate surface area is 148 Å². The van der Waals surface area contributed by atoms with Crippen LogP contribution in [0, 0.1) is 5.82 Å². The summed E-state index contributed by atoms with van der Waals surface area (Å²) in [6.07, 6.45) is 0. The Kier molecular flexibility index (Phi) is 7.41. The predicted octanol–water partition coefficient (Wildman–Crippen LogP) is 2.49. The molecular formula is C15H19FN4O2S2. The van der Waals surface area contributed by atoms with E-state index in [1.54, 1.807) is 31.2 Å². The summed E-state index contributed by atoms with van der Waals surface area (Å²) in [7, 11) is 3.36. The fraction of sp³-hybridized carbons (Fsp3) is 0.400. The van der Waals surface area contributed by atoms with Crippen LogP contribution in [0.4, 0.5) is 9.52 Å².